The number of likely N-dealkylation sites (tertiary alicyclic amines) is 1. The highest BCUT2D eigenvalue weighted by molar-refractivity contribution is 5.78. The molecule has 0 bridgehead atoms. The highest BCUT2D eigenvalue weighted by Gasteiger charge is 2.24. The Hall–Kier alpha value is -1.53. The molecule has 1 atom stereocenters. The summed E-state index contributed by atoms with van der Waals surface area (Å²) >= 11 is 0. The highest BCUT2D eigenvalue weighted by atomic mass is 19.1. The molecule has 1 saturated heterocycles. The first-order valence-electron chi connectivity index (χ1n) is 7.07. The SMILES string of the molecule is CN1CCC(C(=O)NCC(O)c2c(F)cccc2F)CC1. The summed E-state index contributed by atoms with van der Waals surface area (Å²) < 4.78 is 27.0. The fourth-order valence-electron chi connectivity index (χ4n) is 2.54. The molecular formula is C15H20F2N2O2. The largest absolute Gasteiger partial charge is 0.386 e. The molecule has 1 fully saturated rings. The van der Waals surface area contributed by atoms with Gasteiger partial charge in [-0.15, -0.1) is 0 Å². The van der Waals surface area contributed by atoms with Gasteiger partial charge in [0.2, 0.25) is 5.91 Å². The number of nitrogens with zero attached hydrogens (tertiary/aromatic N) is 1. The molecule has 116 valence electrons. The Kier molecular flexibility index (Phi) is 5.25. The van der Waals surface area contributed by atoms with Crippen molar-refractivity contribution in [3.8, 4) is 0 Å². The van der Waals surface area contributed by atoms with E-state index in [-0.39, 0.29) is 18.4 Å². The summed E-state index contributed by atoms with van der Waals surface area (Å²) in [6.07, 6.45) is 0.125. The van der Waals surface area contributed by atoms with Gasteiger partial charge in [0.25, 0.3) is 0 Å². The lowest BCUT2D eigenvalue weighted by Gasteiger charge is -2.28. The first kappa shape index (κ1) is 15.9. The molecule has 6 heteroatoms. The number of carbonyl (C=O) groups is 1. The van der Waals surface area contributed by atoms with Crippen molar-refractivity contribution in [3.63, 3.8) is 0 Å². The van der Waals surface area contributed by atoms with Crippen LogP contribution in [0.25, 0.3) is 0 Å². The molecule has 0 aromatic heterocycles. The van der Waals surface area contributed by atoms with Crippen molar-refractivity contribution in [2.24, 2.45) is 5.92 Å². The fraction of sp³-hybridized carbons (Fsp3) is 0.533. The van der Waals surface area contributed by atoms with Crippen molar-refractivity contribution in [1.82, 2.24) is 10.2 Å². The van der Waals surface area contributed by atoms with Gasteiger partial charge in [-0.3, -0.25) is 4.79 Å². The predicted molar refractivity (Wildman–Crippen MR) is 74.5 cm³/mol. The van der Waals surface area contributed by atoms with E-state index in [1.165, 1.54) is 6.07 Å². The van der Waals surface area contributed by atoms with Crippen LogP contribution in [0.15, 0.2) is 18.2 Å². The first-order valence-corrected chi connectivity index (χ1v) is 7.07. The van der Waals surface area contributed by atoms with E-state index in [1.807, 2.05) is 7.05 Å². The molecule has 1 amide bonds. The second-order valence-corrected chi connectivity index (χ2v) is 5.47. The zero-order valence-corrected chi connectivity index (χ0v) is 12.0. The van der Waals surface area contributed by atoms with E-state index in [0.717, 1.165) is 38.1 Å². The van der Waals surface area contributed by atoms with Gasteiger partial charge in [-0.25, -0.2) is 8.78 Å². The van der Waals surface area contributed by atoms with Crippen molar-refractivity contribution in [2.45, 2.75) is 18.9 Å². The Morgan fingerprint density at radius 3 is 2.52 bits per heavy atom. The minimum atomic E-state index is -1.39. The van der Waals surface area contributed by atoms with E-state index in [4.69, 9.17) is 0 Å². The van der Waals surface area contributed by atoms with E-state index in [0.29, 0.717) is 0 Å². The van der Waals surface area contributed by atoms with E-state index < -0.39 is 23.3 Å². The van der Waals surface area contributed by atoms with Crippen molar-refractivity contribution in [1.29, 1.82) is 0 Å². The summed E-state index contributed by atoms with van der Waals surface area (Å²) in [5, 5.41) is 12.4. The number of aliphatic hydroxyl groups is 1. The van der Waals surface area contributed by atoms with Crippen molar-refractivity contribution >= 4 is 5.91 Å². The van der Waals surface area contributed by atoms with Crippen LogP contribution in [0.3, 0.4) is 0 Å². The monoisotopic (exact) mass is 298 g/mol. The molecule has 1 unspecified atom stereocenters. The average molecular weight is 298 g/mol. The third kappa shape index (κ3) is 3.98. The van der Waals surface area contributed by atoms with Crippen molar-refractivity contribution in [2.75, 3.05) is 26.7 Å². The minimum Gasteiger partial charge on any atom is -0.386 e. The molecular weight excluding hydrogens is 278 g/mol. The lowest BCUT2D eigenvalue weighted by Crippen LogP contribution is -2.40. The maximum atomic E-state index is 13.5. The van der Waals surface area contributed by atoms with Crippen LogP contribution in [0, 0.1) is 17.6 Å². The van der Waals surface area contributed by atoms with Gasteiger partial charge in [0.05, 0.1) is 5.56 Å². The average Bonchev–Trinajstić information content (AvgIpc) is 2.45. The smallest absolute Gasteiger partial charge is 0.223 e. The van der Waals surface area contributed by atoms with E-state index in [2.05, 4.69) is 10.2 Å². The van der Waals surface area contributed by atoms with Crippen LogP contribution in [-0.2, 0) is 4.79 Å². The second-order valence-electron chi connectivity index (χ2n) is 5.47. The van der Waals surface area contributed by atoms with Crippen LogP contribution in [-0.4, -0.2) is 42.6 Å². The Balaban J connectivity index is 1.89. The van der Waals surface area contributed by atoms with Crippen LogP contribution in [0.2, 0.25) is 0 Å². The molecule has 1 aromatic rings. The Morgan fingerprint density at radius 1 is 1.38 bits per heavy atom. The van der Waals surface area contributed by atoms with Crippen molar-refractivity contribution < 1.29 is 18.7 Å². The number of aliphatic hydroxyl groups excluding tert-OH is 1. The Bertz CT molecular complexity index is 482. The standard InChI is InChI=1S/C15H20F2N2O2/c1-19-7-5-10(6-8-19)15(21)18-9-13(20)14-11(16)3-2-4-12(14)17/h2-4,10,13,20H,5-9H2,1H3,(H,18,21). The maximum absolute atomic E-state index is 13.5. The number of carbonyl (C=O) groups excluding carboxylic acids is 1. The second kappa shape index (κ2) is 6.95. The summed E-state index contributed by atoms with van der Waals surface area (Å²) in [4.78, 5) is 14.1. The van der Waals surface area contributed by atoms with Gasteiger partial charge >= 0.3 is 0 Å². The third-order valence-electron chi connectivity index (χ3n) is 3.89. The van der Waals surface area contributed by atoms with Gasteiger partial charge in [-0.05, 0) is 45.1 Å². The molecule has 2 N–H and O–H groups in total. The van der Waals surface area contributed by atoms with Gasteiger partial charge in [-0.1, -0.05) is 6.07 Å². The fourth-order valence-corrected chi connectivity index (χ4v) is 2.54. The van der Waals surface area contributed by atoms with E-state index in [9.17, 15) is 18.7 Å². The highest BCUT2D eigenvalue weighted by Crippen LogP contribution is 2.21. The number of amides is 1. The molecule has 0 radical (unpaired) electrons. The number of halogens is 2. The summed E-state index contributed by atoms with van der Waals surface area (Å²) in [6, 6.07) is 3.40. The zero-order valence-electron chi connectivity index (χ0n) is 12.0. The predicted octanol–water partition coefficient (Wildman–Crippen LogP) is 1.46. The summed E-state index contributed by atoms with van der Waals surface area (Å²) in [6.45, 7) is 1.51. The van der Waals surface area contributed by atoms with E-state index >= 15 is 0 Å². The van der Waals surface area contributed by atoms with Crippen LogP contribution in [0.5, 0.6) is 0 Å². The molecule has 0 aliphatic carbocycles. The number of nitrogens with one attached hydrogen (secondary N) is 1. The molecule has 1 aliphatic heterocycles. The number of hydrogen-bond donors (Lipinski definition) is 2. The maximum Gasteiger partial charge on any atom is 0.223 e. The third-order valence-corrected chi connectivity index (χ3v) is 3.89. The van der Waals surface area contributed by atoms with Crippen molar-refractivity contribution in [3.05, 3.63) is 35.4 Å². The Labute approximate surface area is 122 Å². The molecule has 1 heterocycles. The topological polar surface area (TPSA) is 52.6 Å². The molecule has 1 aromatic carbocycles. The van der Waals surface area contributed by atoms with Gasteiger partial charge in [0, 0.05) is 12.5 Å². The number of benzene rings is 1. The lowest BCUT2D eigenvalue weighted by molar-refractivity contribution is -0.126. The van der Waals surface area contributed by atoms with Crippen LogP contribution < -0.4 is 5.32 Å². The first-order chi connectivity index (χ1) is 9.99. The number of rotatable bonds is 4. The molecule has 1 aliphatic rings. The van der Waals surface area contributed by atoms with Gasteiger partial charge < -0.3 is 15.3 Å². The zero-order chi connectivity index (χ0) is 15.4. The lowest BCUT2D eigenvalue weighted by atomic mass is 9.96. The quantitative estimate of drug-likeness (QED) is 0.885. The molecule has 2 rings (SSSR count). The molecule has 0 spiro atoms. The summed E-state index contributed by atoms with van der Waals surface area (Å²) in [5.74, 6) is -1.88. The number of hydrogen-bond acceptors (Lipinski definition) is 3. The van der Waals surface area contributed by atoms with Crippen LogP contribution >= 0.6 is 0 Å². The summed E-state index contributed by atoms with van der Waals surface area (Å²) in [7, 11) is 2.00. The minimum absolute atomic E-state index is 0.0983. The van der Waals surface area contributed by atoms with Gasteiger partial charge in [0.15, 0.2) is 0 Å². The summed E-state index contributed by atoms with van der Waals surface area (Å²) in [5.41, 5.74) is -0.402. The number of piperidine rings is 1. The van der Waals surface area contributed by atoms with Crippen LogP contribution in [0.4, 0.5) is 8.78 Å². The van der Waals surface area contributed by atoms with Gasteiger partial charge in [-0.2, -0.15) is 0 Å². The van der Waals surface area contributed by atoms with Gasteiger partial charge in [0.1, 0.15) is 17.7 Å². The normalized spacial score (nSPS) is 18.5. The Morgan fingerprint density at radius 2 is 1.95 bits per heavy atom. The van der Waals surface area contributed by atoms with Crippen LogP contribution in [0.1, 0.15) is 24.5 Å². The molecule has 4 nitrogen and oxygen atoms in total. The van der Waals surface area contributed by atoms with E-state index in [1.54, 1.807) is 0 Å². The molecule has 21 heavy (non-hydrogen) atoms. The molecule has 0 saturated carbocycles.